The number of amides is 2. The minimum Gasteiger partial charge on any atom is -0.497 e. The van der Waals surface area contributed by atoms with Gasteiger partial charge in [-0.15, -0.1) is 0 Å². The molecule has 0 saturated heterocycles. The highest BCUT2D eigenvalue weighted by molar-refractivity contribution is 5.81. The summed E-state index contributed by atoms with van der Waals surface area (Å²) < 4.78 is 24.2. The molecule has 0 spiro atoms. The number of halogens is 1. The molecule has 26 heavy (non-hydrogen) atoms. The number of ether oxygens (including phenoxy) is 2. The highest BCUT2D eigenvalue weighted by Crippen LogP contribution is 2.35. The lowest BCUT2D eigenvalue weighted by molar-refractivity contribution is -0.139. The molecular formula is C17H19FN4O4. The number of hydrogen-bond donors (Lipinski definition) is 2. The van der Waals surface area contributed by atoms with Crippen LogP contribution in [0, 0.1) is 5.82 Å². The molecule has 0 radical (unpaired) electrons. The van der Waals surface area contributed by atoms with Gasteiger partial charge in [0, 0.05) is 30.3 Å². The summed E-state index contributed by atoms with van der Waals surface area (Å²) in [5, 5.41) is 2.50. The molecule has 2 aromatic rings. The van der Waals surface area contributed by atoms with Crippen molar-refractivity contribution in [2.45, 2.75) is 12.5 Å². The van der Waals surface area contributed by atoms with E-state index in [2.05, 4.69) is 20.0 Å². The van der Waals surface area contributed by atoms with Crippen LogP contribution in [0.2, 0.25) is 0 Å². The highest BCUT2D eigenvalue weighted by Gasteiger charge is 2.35. The van der Waals surface area contributed by atoms with Crippen LogP contribution in [0.5, 0.6) is 5.75 Å². The zero-order valence-electron chi connectivity index (χ0n) is 14.4. The maximum atomic E-state index is 14.7. The molecule has 2 heterocycles. The maximum absolute atomic E-state index is 14.7. The third kappa shape index (κ3) is 3.32. The lowest BCUT2D eigenvalue weighted by atomic mass is 9.95. The molecule has 8 nitrogen and oxygen atoms in total. The van der Waals surface area contributed by atoms with Crippen LogP contribution in [-0.4, -0.2) is 54.2 Å². The van der Waals surface area contributed by atoms with Crippen molar-refractivity contribution in [3.8, 4) is 5.75 Å². The van der Waals surface area contributed by atoms with Crippen LogP contribution in [0.3, 0.4) is 0 Å². The van der Waals surface area contributed by atoms with Gasteiger partial charge in [-0.3, -0.25) is 4.79 Å². The van der Waals surface area contributed by atoms with E-state index in [0.717, 1.165) is 5.69 Å². The predicted octanol–water partition coefficient (Wildman–Crippen LogP) is 1.39. The molecule has 138 valence electrons. The molecule has 0 unspecified atom stereocenters. The number of rotatable bonds is 4. The van der Waals surface area contributed by atoms with Crippen molar-refractivity contribution in [1.82, 2.24) is 20.2 Å². The molecule has 0 saturated carbocycles. The van der Waals surface area contributed by atoms with E-state index in [0.29, 0.717) is 30.0 Å². The van der Waals surface area contributed by atoms with Crippen molar-refractivity contribution in [3.05, 3.63) is 47.3 Å². The van der Waals surface area contributed by atoms with Crippen molar-refractivity contribution >= 4 is 12.0 Å². The third-order valence-electron chi connectivity index (χ3n) is 4.30. The van der Waals surface area contributed by atoms with Gasteiger partial charge in [0.2, 0.25) is 0 Å². The zero-order valence-corrected chi connectivity index (χ0v) is 14.4. The quantitative estimate of drug-likeness (QED) is 0.801. The fraction of sp³-hybridized carbons (Fsp3) is 0.353. The molecule has 1 aromatic carbocycles. The van der Waals surface area contributed by atoms with Crippen molar-refractivity contribution in [2.75, 3.05) is 27.3 Å². The summed E-state index contributed by atoms with van der Waals surface area (Å²) in [7, 11) is 2.69. The second-order valence-electron chi connectivity index (χ2n) is 5.73. The van der Waals surface area contributed by atoms with Gasteiger partial charge in [-0.25, -0.2) is 14.2 Å². The fourth-order valence-corrected chi connectivity index (χ4v) is 2.99. The first-order valence-electron chi connectivity index (χ1n) is 8.02. The third-order valence-corrected chi connectivity index (χ3v) is 4.30. The van der Waals surface area contributed by atoms with Crippen LogP contribution in [-0.2, 0) is 16.0 Å². The van der Waals surface area contributed by atoms with E-state index in [9.17, 15) is 14.0 Å². The van der Waals surface area contributed by atoms with Crippen molar-refractivity contribution in [3.63, 3.8) is 0 Å². The maximum Gasteiger partial charge on any atom is 0.325 e. The monoisotopic (exact) mass is 362 g/mol. The van der Waals surface area contributed by atoms with E-state index < -0.39 is 23.9 Å². The number of carbonyl (C=O) groups excluding carboxylic acids is 2. The summed E-state index contributed by atoms with van der Waals surface area (Å²) in [4.78, 5) is 32.6. The number of urea groups is 1. The van der Waals surface area contributed by atoms with E-state index in [4.69, 9.17) is 4.74 Å². The lowest BCUT2D eigenvalue weighted by Gasteiger charge is -2.35. The van der Waals surface area contributed by atoms with Crippen LogP contribution in [0.1, 0.15) is 23.0 Å². The average molecular weight is 362 g/mol. The summed E-state index contributed by atoms with van der Waals surface area (Å²) in [6.45, 7) is 0.0788. The highest BCUT2D eigenvalue weighted by atomic mass is 19.1. The number of carbonyl (C=O) groups is 2. The molecule has 0 bridgehead atoms. The Kier molecular flexibility index (Phi) is 5.06. The standard InChI is InChI=1S/C17H19FN4O4/c1-25-10-3-4-11(12(18)7-10)16-15-13(20-9-21-15)5-6-22(16)17(24)19-8-14(23)26-2/h3-4,7,9,16H,5-6,8H2,1-2H3,(H,19,24)(H,20,21)/t16-/m0/s1. The number of esters is 1. The number of aromatic amines is 1. The number of H-pyrrole nitrogens is 1. The number of methoxy groups -OCH3 is 2. The van der Waals surface area contributed by atoms with Gasteiger partial charge < -0.3 is 24.7 Å². The summed E-state index contributed by atoms with van der Waals surface area (Å²) in [6.07, 6.45) is 2.07. The van der Waals surface area contributed by atoms with E-state index in [1.54, 1.807) is 12.1 Å². The summed E-state index contributed by atoms with van der Waals surface area (Å²) in [6, 6.07) is 3.26. The Morgan fingerprint density at radius 3 is 2.92 bits per heavy atom. The van der Waals surface area contributed by atoms with E-state index in [-0.39, 0.29) is 6.54 Å². The van der Waals surface area contributed by atoms with E-state index >= 15 is 0 Å². The molecule has 0 fully saturated rings. The Bertz CT molecular complexity index is 823. The van der Waals surface area contributed by atoms with Crippen molar-refractivity contribution in [1.29, 1.82) is 0 Å². The molecule has 1 aliphatic heterocycles. The largest absolute Gasteiger partial charge is 0.497 e. The first-order chi connectivity index (χ1) is 12.5. The molecule has 1 aliphatic rings. The average Bonchev–Trinajstić information content (AvgIpc) is 3.13. The Morgan fingerprint density at radius 2 is 2.23 bits per heavy atom. The molecule has 1 atom stereocenters. The van der Waals surface area contributed by atoms with Crippen molar-refractivity contribution < 1.29 is 23.5 Å². The Morgan fingerprint density at radius 1 is 1.42 bits per heavy atom. The summed E-state index contributed by atoms with van der Waals surface area (Å²) in [5.41, 5.74) is 1.72. The second-order valence-corrected chi connectivity index (χ2v) is 5.73. The number of fused-ring (bicyclic) bond motifs is 1. The number of benzene rings is 1. The minimum atomic E-state index is -0.714. The van der Waals surface area contributed by atoms with Gasteiger partial charge in [0.05, 0.1) is 26.2 Å². The van der Waals surface area contributed by atoms with Crippen LogP contribution < -0.4 is 10.1 Å². The number of imidazole rings is 1. The van der Waals surface area contributed by atoms with Crippen LogP contribution in [0.4, 0.5) is 9.18 Å². The lowest BCUT2D eigenvalue weighted by Crippen LogP contribution is -2.47. The SMILES string of the molecule is COC(=O)CNC(=O)N1CCc2[nH]cnc2[C@@H]1c1ccc(OC)cc1F. The summed E-state index contributed by atoms with van der Waals surface area (Å²) in [5.74, 6) is -0.690. The second kappa shape index (κ2) is 7.42. The molecule has 1 aromatic heterocycles. The van der Waals surface area contributed by atoms with Gasteiger partial charge in [-0.2, -0.15) is 0 Å². The first kappa shape index (κ1) is 17.7. The van der Waals surface area contributed by atoms with Gasteiger partial charge in [0.25, 0.3) is 0 Å². The fourth-order valence-electron chi connectivity index (χ4n) is 2.99. The molecular weight excluding hydrogens is 343 g/mol. The van der Waals surface area contributed by atoms with Gasteiger partial charge in [-0.1, -0.05) is 0 Å². The number of nitrogens with one attached hydrogen (secondary N) is 2. The number of hydrogen-bond acceptors (Lipinski definition) is 5. The number of nitrogens with zero attached hydrogens (tertiary/aromatic N) is 2. The molecule has 2 amide bonds. The topological polar surface area (TPSA) is 96.6 Å². The van der Waals surface area contributed by atoms with Crippen molar-refractivity contribution in [2.24, 2.45) is 0 Å². The van der Waals surface area contributed by atoms with Gasteiger partial charge in [0.1, 0.15) is 24.2 Å². The Balaban J connectivity index is 1.94. The van der Waals surface area contributed by atoms with Gasteiger partial charge >= 0.3 is 12.0 Å². The summed E-state index contributed by atoms with van der Waals surface area (Å²) >= 11 is 0. The smallest absolute Gasteiger partial charge is 0.325 e. The van der Waals surface area contributed by atoms with Crippen LogP contribution in [0.15, 0.2) is 24.5 Å². The normalized spacial score (nSPS) is 16.0. The molecule has 0 aliphatic carbocycles. The Labute approximate surface area is 149 Å². The van der Waals surface area contributed by atoms with E-state index in [1.165, 1.54) is 31.5 Å². The van der Waals surface area contributed by atoms with Crippen LogP contribution in [0.25, 0.3) is 0 Å². The predicted molar refractivity (Wildman–Crippen MR) is 89.2 cm³/mol. The Hall–Kier alpha value is -3.10. The number of aromatic nitrogens is 2. The first-order valence-corrected chi connectivity index (χ1v) is 8.02. The zero-order chi connectivity index (χ0) is 18.7. The molecule has 2 N–H and O–H groups in total. The van der Waals surface area contributed by atoms with Gasteiger partial charge in [-0.05, 0) is 12.1 Å². The molecule has 9 heteroatoms. The molecule has 3 rings (SSSR count). The van der Waals surface area contributed by atoms with E-state index in [1.807, 2.05) is 0 Å². The minimum absolute atomic E-state index is 0.267. The van der Waals surface area contributed by atoms with Gasteiger partial charge in [0.15, 0.2) is 0 Å². The van der Waals surface area contributed by atoms with Crippen LogP contribution >= 0.6 is 0 Å².